The summed E-state index contributed by atoms with van der Waals surface area (Å²) >= 11 is 0. The van der Waals surface area contributed by atoms with E-state index in [0.29, 0.717) is 0 Å². The van der Waals surface area contributed by atoms with Crippen molar-refractivity contribution in [3.05, 3.63) is 0 Å². The molecule has 0 aliphatic rings. The van der Waals surface area contributed by atoms with E-state index in [-0.39, 0.29) is 0 Å². The molecule has 0 aromatic carbocycles. The molecule has 0 aliphatic heterocycles. The number of hydrogen-bond acceptors (Lipinski definition) is 4. The summed E-state index contributed by atoms with van der Waals surface area (Å²) < 4.78 is 0. The fourth-order valence-corrected chi connectivity index (χ4v) is 0.0770. The quantitative estimate of drug-likeness (QED) is 0.241. The molecule has 6 heavy (non-hydrogen) atoms. The van der Waals surface area contributed by atoms with E-state index in [4.69, 9.17) is 0 Å². The van der Waals surface area contributed by atoms with E-state index in [0.717, 1.165) is 0 Å². The molecule has 0 aromatic heterocycles. The van der Waals surface area contributed by atoms with Crippen LogP contribution in [0.25, 0.3) is 0 Å². The molecule has 0 rings (SSSR count). The van der Waals surface area contributed by atoms with Crippen LogP contribution in [0.3, 0.4) is 0 Å². The summed E-state index contributed by atoms with van der Waals surface area (Å²) in [5.41, 5.74) is 0. The number of hydrogen-bond donors (Lipinski definition) is 2. The molecule has 4 nitrogen and oxygen atoms in total. The van der Waals surface area contributed by atoms with Gasteiger partial charge in [0.1, 0.15) is 0 Å². The van der Waals surface area contributed by atoms with Crippen molar-refractivity contribution in [2.45, 2.75) is 0 Å². The third-order valence-electron chi connectivity index (χ3n) is 0.239. The predicted molar refractivity (Wildman–Crippen MR) is 25.4 cm³/mol. The maximum absolute atomic E-state index is 4.64. The molecule has 0 atom stereocenters. The Morgan fingerprint density at radius 3 is 1.50 bits per heavy atom. The molecule has 0 aliphatic carbocycles. The first-order valence-corrected chi connectivity index (χ1v) is 1.37. The van der Waals surface area contributed by atoms with Crippen LogP contribution >= 0.6 is 0 Å². The lowest BCUT2D eigenvalue weighted by Gasteiger charge is -1.65. The largest absolute Gasteiger partial charge is 0.323 e. The van der Waals surface area contributed by atoms with Crippen molar-refractivity contribution < 1.29 is 0 Å². The standard InChI is InChI=1S/C2H6N4/c3-5-1-2-6-4/h1-2H,3-4H2/b5-1+,6-2+. The summed E-state index contributed by atoms with van der Waals surface area (Å²) in [5.74, 6) is 9.27. The zero-order chi connectivity index (χ0) is 4.83. The minimum Gasteiger partial charge on any atom is -0.323 e. The molecule has 0 saturated carbocycles. The molecule has 0 heterocycles. The fraction of sp³-hybridized carbons (Fsp3) is 0. The fourth-order valence-electron chi connectivity index (χ4n) is 0.0770. The number of hydrazone groups is 2. The maximum atomic E-state index is 4.64. The van der Waals surface area contributed by atoms with Crippen LogP contribution in [0.4, 0.5) is 0 Å². The van der Waals surface area contributed by atoms with E-state index < -0.39 is 0 Å². The zero-order valence-electron chi connectivity index (χ0n) is 3.20. The van der Waals surface area contributed by atoms with Crippen molar-refractivity contribution >= 4 is 12.4 Å². The van der Waals surface area contributed by atoms with Gasteiger partial charge in [-0.3, -0.25) is 0 Å². The smallest absolute Gasteiger partial charge is 0.0666 e. The topological polar surface area (TPSA) is 76.8 Å². The minimum absolute atomic E-state index is 1.29. The summed E-state index contributed by atoms with van der Waals surface area (Å²) in [6.45, 7) is 0. The van der Waals surface area contributed by atoms with Gasteiger partial charge in [-0.25, -0.2) is 0 Å². The lowest BCUT2D eigenvalue weighted by Crippen LogP contribution is -1.86. The van der Waals surface area contributed by atoms with Crippen LogP contribution in [-0.2, 0) is 0 Å². The molecule has 0 bridgehead atoms. The highest BCUT2D eigenvalue weighted by Crippen LogP contribution is 1.37. The Morgan fingerprint density at radius 2 is 1.33 bits per heavy atom. The molecule has 0 spiro atoms. The van der Waals surface area contributed by atoms with Crippen LogP contribution in [0.15, 0.2) is 10.2 Å². The van der Waals surface area contributed by atoms with Crippen molar-refractivity contribution in [2.24, 2.45) is 21.9 Å². The molecule has 4 N–H and O–H groups in total. The van der Waals surface area contributed by atoms with Gasteiger partial charge in [0, 0.05) is 0 Å². The van der Waals surface area contributed by atoms with Gasteiger partial charge in [0.25, 0.3) is 0 Å². The Labute approximate surface area is 35.5 Å². The monoisotopic (exact) mass is 86.1 g/mol. The third kappa shape index (κ3) is 2.94. The predicted octanol–water partition coefficient (Wildman–Crippen LogP) is -1.12. The summed E-state index contributed by atoms with van der Waals surface area (Å²) in [6, 6.07) is 0. The average molecular weight is 86.1 g/mol. The van der Waals surface area contributed by atoms with E-state index >= 15 is 0 Å². The first-order valence-electron chi connectivity index (χ1n) is 1.37. The SMILES string of the molecule is N/N=C/C=N/N. The van der Waals surface area contributed by atoms with Gasteiger partial charge < -0.3 is 11.7 Å². The normalized spacial score (nSPS) is 11.3. The van der Waals surface area contributed by atoms with Gasteiger partial charge in [-0.05, 0) is 0 Å². The Morgan fingerprint density at radius 1 is 1.00 bits per heavy atom. The average Bonchev–Trinajstić information content (AvgIpc) is 1.61. The van der Waals surface area contributed by atoms with Gasteiger partial charge in [0.15, 0.2) is 0 Å². The maximum Gasteiger partial charge on any atom is 0.0666 e. The molecule has 34 valence electrons. The van der Waals surface area contributed by atoms with E-state index in [9.17, 15) is 0 Å². The van der Waals surface area contributed by atoms with Crippen LogP contribution in [0, 0.1) is 0 Å². The zero-order valence-corrected chi connectivity index (χ0v) is 3.20. The lowest BCUT2D eigenvalue weighted by molar-refractivity contribution is 1.25. The van der Waals surface area contributed by atoms with Gasteiger partial charge in [0.05, 0.1) is 12.4 Å². The second-order valence-corrected chi connectivity index (χ2v) is 0.596. The van der Waals surface area contributed by atoms with Gasteiger partial charge in [-0.15, -0.1) is 0 Å². The van der Waals surface area contributed by atoms with Crippen molar-refractivity contribution in [1.82, 2.24) is 0 Å². The molecule has 0 radical (unpaired) electrons. The van der Waals surface area contributed by atoms with Crippen LogP contribution in [0.1, 0.15) is 0 Å². The Hall–Kier alpha value is -1.06. The summed E-state index contributed by atoms with van der Waals surface area (Å²) in [7, 11) is 0. The van der Waals surface area contributed by atoms with Crippen LogP contribution in [-0.4, -0.2) is 12.4 Å². The highest BCUT2D eigenvalue weighted by Gasteiger charge is 1.51. The molecular weight excluding hydrogens is 80.1 g/mol. The van der Waals surface area contributed by atoms with Crippen molar-refractivity contribution in [3.63, 3.8) is 0 Å². The molecule has 0 unspecified atom stereocenters. The number of nitrogens with two attached hydrogens (primary N) is 2. The molecule has 0 amide bonds. The second kappa shape index (κ2) is 3.94. The van der Waals surface area contributed by atoms with Crippen molar-refractivity contribution in [3.8, 4) is 0 Å². The summed E-state index contributed by atoms with van der Waals surface area (Å²) in [6.07, 6.45) is 2.58. The van der Waals surface area contributed by atoms with E-state index in [1.54, 1.807) is 0 Å². The molecule has 4 heteroatoms. The molecule has 0 saturated heterocycles. The van der Waals surface area contributed by atoms with Crippen molar-refractivity contribution in [1.29, 1.82) is 0 Å². The first-order chi connectivity index (χ1) is 2.91. The molecular formula is C2H6N4. The molecule has 0 fully saturated rings. The summed E-state index contributed by atoms with van der Waals surface area (Å²) in [5, 5.41) is 6.14. The van der Waals surface area contributed by atoms with Gasteiger partial charge in [-0.2, -0.15) is 10.2 Å². The number of rotatable bonds is 1. The first kappa shape index (κ1) is 4.94. The van der Waals surface area contributed by atoms with E-state index in [1.807, 2.05) is 0 Å². The van der Waals surface area contributed by atoms with Gasteiger partial charge in [-0.1, -0.05) is 0 Å². The van der Waals surface area contributed by atoms with E-state index in [1.165, 1.54) is 12.4 Å². The Balaban J connectivity index is 3.07. The Bertz CT molecular complexity index is 53.9. The van der Waals surface area contributed by atoms with Crippen LogP contribution in [0.5, 0.6) is 0 Å². The van der Waals surface area contributed by atoms with E-state index in [2.05, 4.69) is 21.9 Å². The highest BCUT2D eigenvalue weighted by molar-refractivity contribution is 6.15. The van der Waals surface area contributed by atoms with Crippen molar-refractivity contribution in [2.75, 3.05) is 0 Å². The summed E-state index contributed by atoms with van der Waals surface area (Å²) in [4.78, 5) is 0. The number of nitrogens with zero attached hydrogens (tertiary/aromatic N) is 2. The highest BCUT2D eigenvalue weighted by atomic mass is 15.1. The van der Waals surface area contributed by atoms with Gasteiger partial charge >= 0.3 is 0 Å². The minimum atomic E-state index is 1.29. The van der Waals surface area contributed by atoms with Crippen LogP contribution in [0.2, 0.25) is 0 Å². The van der Waals surface area contributed by atoms with Gasteiger partial charge in [0.2, 0.25) is 0 Å². The second-order valence-electron chi connectivity index (χ2n) is 0.596. The molecule has 0 aromatic rings. The Kier molecular flexibility index (Phi) is 3.24. The van der Waals surface area contributed by atoms with Crippen LogP contribution < -0.4 is 11.7 Å². The lowest BCUT2D eigenvalue weighted by atomic mass is 10.8. The third-order valence-corrected chi connectivity index (χ3v) is 0.239.